The molecule has 1 aromatic heterocycles. The van der Waals surface area contributed by atoms with Gasteiger partial charge in [0.05, 0.1) is 0 Å². The summed E-state index contributed by atoms with van der Waals surface area (Å²) in [6.45, 7) is 4.59. The summed E-state index contributed by atoms with van der Waals surface area (Å²) in [4.78, 5) is 4.27. The van der Waals surface area contributed by atoms with E-state index in [4.69, 9.17) is 0 Å². The van der Waals surface area contributed by atoms with Crippen molar-refractivity contribution in [3.8, 4) is 0 Å². The van der Waals surface area contributed by atoms with E-state index in [1.54, 1.807) is 3.58 Å². The van der Waals surface area contributed by atoms with Crippen LogP contribution in [0, 0.1) is 0 Å². The van der Waals surface area contributed by atoms with Crippen LogP contribution in [-0.4, -0.2) is 24.7 Å². The fourth-order valence-corrected chi connectivity index (χ4v) is 10.3. The van der Waals surface area contributed by atoms with Gasteiger partial charge in [0.25, 0.3) is 0 Å². The number of rotatable bonds is 7. The normalized spacial score (nSPS) is 10.9. The Bertz CT molecular complexity index is 240. The van der Waals surface area contributed by atoms with E-state index in [0.717, 1.165) is 0 Å². The quantitative estimate of drug-likeness (QED) is 0.704. The zero-order valence-electron chi connectivity index (χ0n) is 10.00. The van der Waals surface area contributed by atoms with Gasteiger partial charge in [-0.25, -0.2) is 0 Å². The molecule has 0 saturated heterocycles. The topological polar surface area (TPSA) is 12.9 Å². The van der Waals surface area contributed by atoms with Crippen LogP contribution in [0.4, 0.5) is 0 Å². The summed E-state index contributed by atoms with van der Waals surface area (Å²) in [5.41, 5.74) is 0. The van der Waals surface area contributed by atoms with Gasteiger partial charge >= 0.3 is 101 Å². The van der Waals surface area contributed by atoms with Crippen molar-refractivity contribution in [1.29, 1.82) is 0 Å². The molecule has 1 rings (SSSR count). The van der Waals surface area contributed by atoms with Crippen LogP contribution in [0.5, 0.6) is 0 Å². The van der Waals surface area contributed by atoms with Gasteiger partial charge in [0.1, 0.15) is 0 Å². The first-order chi connectivity index (χ1) is 7.38. The predicted molar refractivity (Wildman–Crippen MR) is 69.1 cm³/mol. The van der Waals surface area contributed by atoms with Crippen molar-refractivity contribution in [2.75, 3.05) is 0 Å². The SMILES string of the molecule is CCC[CH2][Sn]([CH2]CCC)[c]1cccnc1. The number of aromatic nitrogens is 1. The third-order valence-corrected chi connectivity index (χ3v) is 11.4. The number of hydrogen-bond donors (Lipinski definition) is 0. The van der Waals surface area contributed by atoms with E-state index in [-0.39, 0.29) is 0 Å². The fraction of sp³-hybridized carbons (Fsp3) is 0.615. The van der Waals surface area contributed by atoms with Crippen LogP contribution < -0.4 is 3.58 Å². The molecule has 0 atom stereocenters. The fourth-order valence-electron chi connectivity index (χ4n) is 1.77. The Hall–Kier alpha value is -0.0513. The maximum atomic E-state index is 4.27. The molecule has 15 heavy (non-hydrogen) atoms. The second kappa shape index (κ2) is 8.14. The zero-order valence-corrected chi connectivity index (χ0v) is 12.9. The minimum absolute atomic E-state index is 1.28. The molecule has 0 spiro atoms. The molecule has 1 aromatic rings. The van der Waals surface area contributed by atoms with E-state index < -0.39 is 19.8 Å². The van der Waals surface area contributed by atoms with Crippen molar-refractivity contribution >= 4 is 23.3 Å². The van der Waals surface area contributed by atoms with Gasteiger partial charge in [-0.1, -0.05) is 0 Å². The number of nitrogens with zero attached hydrogens (tertiary/aromatic N) is 1. The molecule has 1 nitrogen and oxygen atoms in total. The van der Waals surface area contributed by atoms with Crippen molar-refractivity contribution in [2.45, 2.75) is 48.4 Å². The molecule has 0 unspecified atom stereocenters. The van der Waals surface area contributed by atoms with Crippen molar-refractivity contribution < 1.29 is 0 Å². The molecule has 0 aromatic carbocycles. The van der Waals surface area contributed by atoms with Crippen molar-refractivity contribution in [2.24, 2.45) is 0 Å². The standard InChI is InChI=1S/C5H4N.2C4H9.Sn/c1-2-4-6-5-3-1;2*1-3-4-2;/h1-2,4-5H;2*1,3-4H2,2H3;. The van der Waals surface area contributed by atoms with Crippen LogP contribution in [0.1, 0.15) is 39.5 Å². The molecule has 0 saturated carbocycles. The summed E-state index contributed by atoms with van der Waals surface area (Å²) in [6, 6.07) is 4.42. The van der Waals surface area contributed by atoms with E-state index >= 15 is 0 Å². The minimum atomic E-state index is -1.28. The van der Waals surface area contributed by atoms with Crippen LogP contribution in [-0.2, 0) is 0 Å². The summed E-state index contributed by atoms with van der Waals surface area (Å²) in [6.07, 6.45) is 9.55. The summed E-state index contributed by atoms with van der Waals surface area (Å²) in [7, 11) is 0. The van der Waals surface area contributed by atoms with Crippen molar-refractivity contribution in [3.63, 3.8) is 0 Å². The van der Waals surface area contributed by atoms with Gasteiger partial charge in [-0.15, -0.1) is 0 Å². The first-order valence-corrected chi connectivity index (χ1v) is 11.6. The molecule has 0 fully saturated rings. The third-order valence-electron chi connectivity index (χ3n) is 2.73. The number of hydrogen-bond acceptors (Lipinski definition) is 1. The van der Waals surface area contributed by atoms with Crippen LogP contribution in [0.25, 0.3) is 0 Å². The summed E-state index contributed by atoms with van der Waals surface area (Å²) in [5, 5.41) is 0. The molecular formula is C13H22NSn. The van der Waals surface area contributed by atoms with Gasteiger partial charge in [-0.2, -0.15) is 0 Å². The Kier molecular flexibility index (Phi) is 7.06. The summed E-state index contributed by atoms with van der Waals surface area (Å²) in [5.74, 6) is 0. The van der Waals surface area contributed by atoms with E-state index in [1.165, 1.54) is 34.6 Å². The Morgan fingerprint density at radius 1 is 1.13 bits per heavy atom. The molecule has 0 amide bonds. The second-order valence-corrected chi connectivity index (χ2v) is 12.0. The molecule has 0 aliphatic rings. The van der Waals surface area contributed by atoms with E-state index in [0.29, 0.717) is 0 Å². The van der Waals surface area contributed by atoms with Crippen LogP contribution in [0.15, 0.2) is 24.5 Å². The van der Waals surface area contributed by atoms with Gasteiger partial charge < -0.3 is 0 Å². The summed E-state index contributed by atoms with van der Waals surface area (Å²) >= 11 is -1.28. The Labute approximate surface area is 101 Å². The molecular weight excluding hydrogens is 289 g/mol. The van der Waals surface area contributed by atoms with E-state index in [1.807, 2.05) is 6.20 Å². The van der Waals surface area contributed by atoms with E-state index in [9.17, 15) is 0 Å². The van der Waals surface area contributed by atoms with Crippen molar-refractivity contribution in [3.05, 3.63) is 24.5 Å². The van der Waals surface area contributed by atoms with Gasteiger partial charge in [-0.3, -0.25) is 0 Å². The molecule has 1 radical (unpaired) electrons. The number of pyridine rings is 1. The predicted octanol–water partition coefficient (Wildman–Crippen LogP) is 3.38. The first-order valence-electron chi connectivity index (χ1n) is 6.13. The number of unbranched alkanes of at least 4 members (excludes halogenated alkanes) is 2. The van der Waals surface area contributed by atoms with E-state index in [2.05, 4.69) is 37.2 Å². The monoisotopic (exact) mass is 312 g/mol. The van der Waals surface area contributed by atoms with Crippen molar-refractivity contribution in [1.82, 2.24) is 4.98 Å². The average molecular weight is 311 g/mol. The van der Waals surface area contributed by atoms with Gasteiger partial charge in [0.15, 0.2) is 0 Å². The van der Waals surface area contributed by atoms with Gasteiger partial charge in [-0.05, 0) is 0 Å². The van der Waals surface area contributed by atoms with Crippen LogP contribution >= 0.6 is 0 Å². The molecule has 1 heterocycles. The average Bonchev–Trinajstić information content (AvgIpc) is 2.30. The molecule has 0 bridgehead atoms. The Balaban J connectivity index is 2.55. The molecule has 0 aliphatic carbocycles. The first kappa shape index (κ1) is 13.0. The molecule has 2 heteroatoms. The van der Waals surface area contributed by atoms with Gasteiger partial charge in [0, 0.05) is 0 Å². The molecule has 0 N–H and O–H groups in total. The summed E-state index contributed by atoms with van der Waals surface area (Å²) < 4.78 is 4.66. The second-order valence-electron chi connectivity index (χ2n) is 4.05. The van der Waals surface area contributed by atoms with Crippen LogP contribution in [0.2, 0.25) is 8.87 Å². The van der Waals surface area contributed by atoms with Gasteiger partial charge in [0.2, 0.25) is 0 Å². The Morgan fingerprint density at radius 3 is 2.27 bits per heavy atom. The third kappa shape index (κ3) is 5.00. The molecule has 0 aliphatic heterocycles. The zero-order chi connectivity index (χ0) is 10.9. The maximum absolute atomic E-state index is 4.27. The Morgan fingerprint density at radius 2 is 1.80 bits per heavy atom. The van der Waals surface area contributed by atoms with Crippen LogP contribution in [0.3, 0.4) is 0 Å². The molecule has 83 valence electrons.